The van der Waals surface area contributed by atoms with Crippen molar-refractivity contribution in [3.63, 3.8) is 0 Å². The summed E-state index contributed by atoms with van der Waals surface area (Å²) in [6, 6.07) is 6.80. The Morgan fingerprint density at radius 3 is 2.37 bits per heavy atom. The molecule has 0 amide bonds. The van der Waals surface area contributed by atoms with Gasteiger partial charge < -0.3 is 9.47 Å². The first-order chi connectivity index (χ1) is 12.7. The van der Waals surface area contributed by atoms with Gasteiger partial charge in [-0.05, 0) is 51.8 Å². The van der Waals surface area contributed by atoms with Crippen molar-refractivity contribution in [1.29, 1.82) is 0 Å². The quantitative estimate of drug-likeness (QED) is 0.512. The molecule has 7 heteroatoms. The molecular formula is C20H29NO5S. The van der Waals surface area contributed by atoms with Crippen LogP contribution in [0.1, 0.15) is 58.2 Å². The molecule has 150 valence electrons. The lowest BCUT2D eigenvalue weighted by molar-refractivity contribution is -0.143. The summed E-state index contributed by atoms with van der Waals surface area (Å²) in [4.78, 5) is 23.7. The number of nitrogens with one attached hydrogen (secondary N) is 1. The number of benzene rings is 1. The van der Waals surface area contributed by atoms with E-state index in [1.807, 2.05) is 45.0 Å². The van der Waals surface area contributed by atoms with E-state index >= 15 is 0 Å². The van der Waals surface area contributed by atoms with E-state index in [2.05, 4.69) is 4.72 Å². The van der Waals surface area contributed by atoms with Gasteiger partial charge >= 0.3 is 11.9 Å². The third-order valence-corrected chi connectivity index (χ3v) is 5.15. The van der Waals surface area contributed by atoms with Gasteiger partial charge in [0.25, 0.3) is 0 Å². The van der Waals surface area contributed by atoms with Gasteiger partial charge in [0, 0.05) is 6.08 Å². The van der Waals surface area contributed by atoms with Crippen LogP contribution in [0.2, 0.25) is 0 Å². The zero-order valence-corrected chi connectivity index (χ0v) is 17.4. The zero-order chi connectivity index (χ0) is 20.4. The van der Waals surface area contributed by atoms with Crippen molar-refractivity contribution < 1.29 is 23.3 Å². The molecule has 0 unspecified atom stereocenters. The van der Waals surface area contributed by atoms with Gasteiger partial charge in [0.05, 0.1) is 41.4 Å². The van der Waals surface area contributed by atoms with Gasteiger partial charge in [-0.25, -0.2) is 13.7 Å². The number of ether oxygens (including phenoxy) is 2. The molecule has 0 aromatic heterocycles. The first-order valence-corrected chi connectivity index (χ1v) is 10.1. The largest absolute Gasteiger partial charge is 0.466 e. The first kappa shape index (κ1) is 23.0. The number of esters is 2. The van der Waals surface area contributed by atoms with Crippen LogP contribution < -0.4 is 4.72 Å². The Balaban J connectivity index is 3.18. The Morgan fingerprint density at radius 2 is 1.78 bits per heavy atom. The van der Waals surface area contributed by atoms with Crippen LogP contribution in [-0.2, 0) is 30.0 Å². The minimum absolute atomic E-state index is 0.0277. The molecule has 0 heterocycles. The average Bonchev–Trinajstić information content (AvgIpc) is 2.59. The lowest BCUT2D eigenvalue weighted by Gasteiger charge is -2.25. The highest BCUT2D eigenvalue weighted by atomic mass is 32.2. The molecule has 0 saturated carbocycles. The third-order valence-electron chi connectivity index (χ3n) is 3.54. The molecule has 1 rings (SSSR count). The van der Waals surface area contributed by atoms with Gasteiger partial charge in [-0.2, -0.15) is 0 Å². The van der Waals surface area contributed by atoms with Crippen LogP contribution in [0.5, 0.6) is 0 Å². The molecule has 0 fully saturated rings. The molecule has 0 aliphatic heterocycles. The first-order valence-electron chi connectivity index (χ1n) is 8.96. The molecule has 0 aliphatic rings. The highest BCUT2D eigenvalue weighted by Gasteiger charge is 2.26. The minimum Gasteiger partial charge on any atom is -0.466 e. The van der Waals surface area contributed by atoms with Crippen LogP contribution >= 0.6 is 0 Å². The van der Waals surface area contributed by atoms with Gasteiger partial charge in [-0.1, -0.05) is 24.3 Å². The van der Waals surface area contributed by atoms with Gasteiger partial charge in [-0.15, -0.1) is 0 Å². The lowest BCUT2D eigenvalue weighted by Crippen LogP contribution is -2.37. The normalized spacial score (nSPS) is 14.0. The molecule has 1 aromatic carbocycles. The summed E-state index contributed by atoms with van der Waals surface area (Å²) in [5, 5.41) is 0. The van der Waals surface area contributed by atoms with Crippen LogP contribution in [0.4, 0.5) is 0 Å². The Morgan fingerprint density at radius 1 is 1.15 bits per heavy atom. The molecule has 0 radical (unpaired) electrons. The van der Waals surface area contributed by atoms with Crippen LogP contribution in [-0.4, -0.2) is 34.1 Å². The smallest absolute Gasteiger partial charge is 0.330 e. The molecule has 27 heavy (non-hydrogen) atoms. The van der Waals surface area contributed by atoms with Crippen LogP contribution in [0.3, 0.4) is 0 Å². The van der Waals surface area contributed by atoms with E-state index in [9.17, 15) is 13.8 Å². The fourth-order valence-corrected chi connectivity index (χ4v) is 3.06. The van der Waals surface area contributed by atoms with E-state index in [4.69, 9.17) is 9.47 Å². The molecule has 1 N–H and O–H groups in total. The molecule has 2 atom stereocenters. The highest BCUT2D eigenvalue weighted by Crippen LogP contribution is 2.25. The van der Waals surface area contributed by atoms with Crippen LogP contribution in [0.15, 0.2) is 30.3 Å². The van der Waals surface area contributed by atoms with Crippen molar-refractivity contribution in [2.24, 2.45) is 0 Å². The van der Waals surface area contributed by atoms with E-state index in [0.29, 0.717) is 6.61 Å². The summed E-state index contributed by atoms with van der Waals surface area (Å²) < 4.78 is 25.1. The predicted octanol–water partition coefficient (Wildman–Crippen LogP) is 3.31. The van der Waals surface area contributed by atoms with Crippen molar-refractivity contribution in [2.75, 3.05) is 13.2 Å². The van der Waals surface area contributed by atoms with Gasteiger partial charge in [0.2, 0.25) is 0 Å². The maximum absolute atomic E-state index is 12.6. The number of carbonyl (C=O) groups is 2. The highest BCUT2D eigenvalue weighted by molar-refractivity contribution is 7.84. The van der Waals surface area contributed by atoms with Gasteiger partial charge in [0.15, 0.2) is 0 Å². The predicted molar refractivity (Wildman–Crippen MR) is 107 cm³/mol. The van der Waals surface area contributed by atoms with Crippen LogP contribution in [0.25, 0.3) is 6.08 Å². The molecular weight excluding hydrogens is 366 g/mol. The second kappa shape index (κ2) is 11.0. The second-order valence-corrected chi connectivity index (χ2v) is 8.77. The van der Waals surface area contributed by atoms with E-state index in [-0.39, 0.29) is 19.0 Å². The fraction of sp³-hybridized carbons (Fsp3) is 0.500. The lowest BCUT2D eigenvalue weighted by atomic mass is 9.98. The summed E-state index contributed by atoms with van der Waals surface area (Å²) in [7, 11) is -1.39. The van der Waals surface area contributed by atoms with Crippen LogP contribution in [0, 0.1) is 0 Å². The Hall–Kier alpha value is -1.99. The standard InChI is InChI=1S/C20H29NO5S/c1-6-25-18(22)13-12-15-10-8-9-11-16(15)17(14-19(23)26-7-2)21-27(24)20(3,4)5/h8-13,17,21H,6-7,14H2,1-5H3/b13-12+/t17-,27+/m0/s1. The van der Waals surface area contributed by atoms with Crippen molar-refractivity contribution >= 4 is 29.0 Å². The topological polar surface area (TPSA) is 81.7 Å². The number of carbonyl (C=O) groups excluding carboxylic acids is 2. The monoisotopic (exact) mass is 395 g/mol. The number of hydrogen-bond acceptors (Lipinski definition) is 5. The van der Waals surface area contributed by atoms with Crippen molar-refractivity contribution in [3.05, 3.63) is 41.5 Å². The Labute approximate surface area is 163 Å². The summed E-state index contributed by atoms with van der Waals surface area (Å²) in [5.41, 5.74) is 1.49. The summed E-state index contributed by atoms with van der Waals surface area (Å²) in [6.45, 7) is 9.60. The number of rotatable bonds is 9. The average molecular weight is 396 g/mol. The zero-order valence-electron chi connectivity index (χ0n) is 16.6. The fourth-order valence-electron chi connectivity index (χ4n) is 2.24. The Bertz CT molecular complexity index is 694. The van der Waals surface area contributed by atoms with Crippen molar-refractivity contribution in [1.82, 2.24) is 4.72 Å². The summed E-state index contributed by atoms with van der Waals surface area (Å²) in [6.07, 6.45) is 3.00. The van der Waals surface area contributed by atoms with E-state index in [1.54, 1.807) is 19.9 Å². The van der Waals surface area contributed by atoms with E-state index < -0.39 is 27.7 Å². The molecule has 0 saturated heterocycles. The maximum Gasteiger partial charge on any atom is 0.330 e. The van der Waals surface area contributed by atoms with E-state index in [1.165, 1.54) is 6.08 Å². The van der Waals surface area contributed by atoms with E-state index in [0.717, 1.165) is 11.1 Å². The SMILES string of the molecule is CCOC(=O)/C=C/c1ccccc1[C@H](CC(=O)OCC)N[S@](=O)C(C)(C)C. The second-order valence-electron chi connectivity index (χ2n) is 6.77. The molecule has 0 aliphatic carbocycles. The third kappa shape index (κ3) is 8.05. The number of hydrogen-bond donors (Lipinski definition) is 1. The van der Waals surface area contributed by atoms with Crippen molar-refractivity contribution in [2.45, 2.75) is 51.8 Å². The summed E-state index contributed by atoms with van der Waals surface area (Å²) in [5.74, 6) is -0.828. The Kier molecular flexibility index (Phi) is 9.38. The minimum atomic E-state index is -1.39. The van der Waals surface area contributed by atoms with Gasteiger partial charge in [-0.3, -0.25) is 4.79 Å². The summed E-state index contributed by atoms with van der Waals surface area (Å²) >= 11 is 0. The molecule has 0 spiro atoms. The maximum atomic E-state index is 12.6. The molecule has 1 aromatic rings. The molecule has 6 nitrogen and oxygen atoms in total. The van der Waals surface area contributed by atoms with Gasteiger partial charge in [0.1, 0.15) is 0 Å². The van der Waals surface area contributed by atoms with Crippen molar-refractivity contribution in [3.8, 4) is 0 Å². The molecule has 0 bridgehead atoms.